The fraction of sp³-hybridized carbons (Fsp3) is 0.120. The molecule has 0 saturated carbocycles. The standard InChI is InChI=1S/C25H21ClN6O2/c1-17(18-8-10-20(11-9-18)31-16-27-15-28-31)30(2)25(33)22-14-23(24-7-4-12-34-24)32(29-22)21-6-3-5-19(26)13-21/h3-17H,1-2H3. The van der Waals surface area contributed by atoms with Gasteiger partial charge in [-0.2, -0.15) is 10.2 Å². The Morgan fingerprint density at radius 1 is 1.06 bits per heavy atom. The van der Waals surface area contributed by atoms with Gasteiger partial charge in [-0.1, -0.05) is 29.8 Å². The number of halogens is 1. The molecule has 1 amide bonds. The molecule has 0 aliphatic rings. The van der Waals surface area contributed by atoms with Gasteiger partial charge in [-0.15, -0.1) is 0 Å². The molecule has 3 heterocycles. The summed E-state index contributed by atoms with van der Waals surface area (Å²) in [5.74, 6) is 0.396. The lowest BCUT2D eigenvalue weighted by molar-refractivity contribution is 0.0736. The molecule has 5 aromatic rings. The fourth-order valence-electron chi connectivity index (χ4n) is 3.72. The summed E-state index contributed by atoms with van der Waals surface area (Å²) < 4.78 is 8.95. The Hall–Kier alpha value is -4.17. The minimum absolute atomic E-state index is 0.180. The van der Waals surface area contributed by atoms with Gasteiger partial charge in [-0.05, 0) is 55.0 Å². The number of hydrogen-bond acceptors (Lipinski definition) is 5. The number of carbonyl (C=O) groups is 1. The average molecular weight is 473 g/mol. The van der Waals surface area contributed by atoms with Gasteiger partial charge in [0.2, 0.25) is 0 Å². The van der Waals surface area contributed by atoms with Crippen LogP contribution < -0.4 is 0 Å². The first-order chi connectivity index (χ1) is 16.5. The maximum Gasteiger partial charge on any atom is 0.274 e. The number of amides is 1. The predicted molar refractivity (Wildman–Crippen MR) is 128 cm³/mol. The molecule has 0 bridgehead atoms. The average Bonchev–Trinajstić information content (AvgIpc) is 3.64. The number of hydrogen-bond donors (Lipinski definition) is 0. The van der Waals surface area contributed by atoms with Gasteiger partial charge in [0.25, 0.3) is 5.91 Å². The first kappa shape index (κ1) is 21.7. The molecule has 34 heavy (non-hydrogen) atoms. The van der Waals surface area contributed by atoms with Gasteiger partial charge in [0, 0.05) is 18.1 Å². The molecule has 3 aromatic heterocycles. The zero-order valence-corrected chi connectivity index (χ0v) is 19.3. The van der Waals surface area contributed by atoms with Crippen molar-refractivity contribution in [3.8, 4) is 22.8 Å². The topological polar surface area (TPSA) is 82.0 Å². The molecule has 8 nitrogen and oxygen atoms in total. The van der Waals surface area contributed by atoms with Crippen LogP contribution in [0.1, 0.15) is 29.0 Å². The van der Waals surface area contributed by atoms with Crippen LogP contribution in [0, 0.1) is 0 Å². The number of aromatic nitrogens is 5. The molecule has 0 fully saturated rings. The van der Waals surface area contributed by atoms with Gasteiger partial charge < -0.3 is 9.32 Å². The van der Waals surface area contributed by atoms with Crippen LogP contribution in [0.25, 0.3) is 22.8 Å². The van der Waals surface area contributed by atoms with Gasteiger partial charge in [0.1, 0.15) is 18.3 Å². The van der Waals surface area contributed by atoms with Crippen molar-refractivity contribution in [1.29, 1.82) is 0 Å². The fourth-order valence-corrected chi connectivity index (χ4v) is 3.90. The van der Waals surface area contributed by atoms with Crippen LogP contribution in [0.2, 0.25) is 5.02 Å². The van der Waals surface area contributed by atoms with Crippen LogP contribution in [-0.2, 0) is 0 Å². The highest BCUT2D eigenvalue weighted by molar-refractivity contribution is 6.30. The van der Waals surface area contributed by atoms with Crippen LogP contribution in [0.5, 0.6) is 0 Å². The first-order valence-electron chi connectivity index (χ1n) is 10.6. The van der Waals surface area contributed by atoms with Gasteiger partial charge in [0.05, 0.1) is 23.7 Å². The van der Waals surface area contributed by atoms with E-state index >= 15 is 0 Å². The highest BCUT2D eigenvalue weighted by Crippen LogP contribution is 2.28. The second-order valence-corrected chi connectivity index (χ2v) is 8.24. The zero-order chi connectivity index (χ0) is 23.7. The maximum atomic E-state index is 13.4. The minimum atomic E-state index is -0.207. The van der Waals surface area contributed by atoms with E-state index in [9.17, 15) is 4.79 Å². The summed E-state index contributed by atoms with van der Waals surface area (Å²) in [6.07, 6.45) is 4.72. The molecule has 0 N–H and O–H groups in total. The van der Waals surface area contributed by atoms with Crippen molar-refractivity contribution >= 4 is 17.5 Å². The monoisotopic (exact) mass is 472 g/mol. The van der Waals surface area contributed by atoms with E-state index in [1.807, 2.05) is 49.4 Å². The Morgan fingerprint density at radius 3 is 2.56 bits per heavy atom. The summed E-state index contributed by atoms with van der Waals surface area (Å²) in [6, 6.07) is 20.3. The molecule has 0 spiro atoms. The largest absolute Gasteiger partial charge is 0.463 e. The molecule has 2 aromatic carbocycles. The van der Waals surface area contributed by atoms with Crippen LogP contribution in [0.4, 0.5) is 0 Å². The van der Waals surface area contributed by atoms with E-state index in [2.05, 4.69) is 15.2 Å². The Morgan fingerprint density at radius 2 is 1.88 bits per heavy atom. The number of carbonyl (C=O) groups excluding carboxylic acids is 1. The van der Waals surface area contributed by atoms with Crippen LogP contribution in [-0.4, -0.2) is 42.4 Å². The lowest BCUT2D eigenvalue weighted by Crippen LogP contribution is -2.30. The van der Waals surface area contributed by atoms with Crippen molar-refractivity contribution in [3.63, 3.8) is 0 Å². The summed E-state index contributed by atoms with van der Waals surface area (Å²) in [7, 11) is 1.77. The van der Waals surface area contributed by atoms with E-state index < -0.39 is 0 Å². The summed E-state index contributed by atoms with van der Waals surface area (Å²) in [5.41, 5.74) is 3.58. The number of nitrogens with zero attached hydrogens (tertiary/aromatic N) is 6. The normalized spacial score (nSPS) is 12.0. The van der Waals surface area contributed by atoms with Crippen molar-refractivity contribution in [2.75, 3.05) is 7.05 Å². The molecule has 5 rings (SSSR count). The summed E-state index contributed by atoms with van der Waals surface area (Å²) in [5, 5.41) is 9.33. The van der Waals surface area contributed by atoms with Crippen LogP contribution in [0.15, 0.2) is 90.1 Å². The van der Waals surface area contributed by atoms with Crippen LogP contribution in [0.3, 0.4) is 0 Å². The van der Waals surface area contributed by atoms with E-state index in [1.165, 1.54) is 6.33 Å². The molecule has 0 aliphatic heterocycles. The Labute approximate surface area is 201 Å². The number of rotatable bonds is 6. The summed E-state index contributed by atoms with van der Waals surface area (Å²) in [6.45, 7) is 1.98. The molecule has 170 valence electrons. The second-order valence-electron chi connectivity index (χ2n) is 7.81. The van der Waals surface area contributed by atoms with Crippen molar-refractivity contribution < 1.29 is 9.21 Å². The summed E-state index contributed by atoms with van der Waals surface area (Å²) in [4.78, 5) is 19.1. The molecular formula is C25H21ClN6O2. The van der Waals surface area contributed by atoms with Crippen molar-refractivity contribution in [2.45, 2.75) is 13.0 Å². The second kappa shape index (κ2) is 8.99. The van der Waals surface area contributed by atoms with E-state index in [-0.39, 0.29) is 11.9 Å². The summed E-state index contributed by atoms with van der Waals surface area (Å²) >= 11 is 6.20. The van der Waals surface area contributed by atoms with Gasteiger partial charge in [-0.3, -0.25) is 4.79 Å². The lowest BCUT2D eigenvalue weighted by Gasteiger charge is -2.24. The Bertz CT molecular complexity index is 1410. The zero-order valence-electron chi connectivity index (χ0n) is 18.5. The highest BCUT2D eigenvalue weighted by atomic mass is 35.5. The SMILES string of the molecule is CC(c1ccc(-n2cncn2)cc1)N(C)C(=O)c1cc(-c2ccco2)n(-c2cccc(Cl)c2)n1. The number of benzene rings is 2. The lowest BCUT2D eigenvalue weighted by atomic mass is 10.1. The molecule has 0 radical (unpaired) electrons. The van der Waals surface area contributed by atoms with E-state index in [4.69, 9.17) is 16.0 Å². The molecular weight excluding hydrogens is 452 g/mol. The molecule has 9 heteroatoms. The van der Waals surface area contributed by atoms with Gasteiger partial charge in [-0.25, -0.2) is 14.3 Å². The molecule has 0 saturated heterocycles. The smallest absolute Gasteiger partial charge is 0.274 e. The van der Waals surface area contributed by atoms with Crippen molar-refractivity contribution in [1.82, 2.24) is 29.4 Å². The Balaban J connectivity index is 1.44. The minimum Gasteiger partial charge on any atom is -0.463 e. The van der Waals surface area contributed by atoms with Crippen LogP contribution >= 0.6 is 11.6 Å². The van der Waals surface area contributed by atoms with Crippen molar-refractivity contribution in [3.05, 3.63) is 102 Å². The van der Waals surface area contributed by atoms with Crippen molar-refractivity contribution in [2.24, 2.45) is 0 Å². The quantitative estimate of drug-likeness (QED) is 0.339. The number of furan rings is 1. The maximum absolute atomic E-state index is 13.4. The first-order valence-corrected chi connectivity index (χ1v) is 11.0. The molecule has 1 atom stereocenters. The van der Waals surface area contributed by atoms with E-state index in [1.54, 1.807) is 58.2 Å². The third-order valence-electron chi connectivity index (χ3n) is 5.71. The van der Waals surface area contributed by atoms with Gasteiger partial charge in [0.15, 0.2) is 11.5 Å². The van der Waals surface area contributed by atoms with E-state index in [0.29, 0.717) is 22.2 Å². The van der Waals surface area contributed by atoms with E-state index in [0.717, 1.165) is 16.9 Å². The predicted octanol–water partition coefficient (Wildman–Crippen LogP) is 5.20. The molecule has 0 aliphatic carbocycles. The Kier molecular flexibility index (Phi) is 5.73. The third kappa shape index (κ3) is 4.11. The highest BCUT2D eigenvalue weighted by Gasteiger charge is 2.24. The van der Waals surface area contributed by atoms with Gasteiger partial charge >= 0.3 is 0 Å². The third-order valence-corrected chi connectivity index (χ3v) is 5.95. The molecule has 1 unspecified atom stereocenters.